The molecule has 0 aliphatic carbocycles. The van der Waals surface area contributed by atoms with E-state index in [1.807, 2.05) is 11.8 Å². The zero-order chi connectivity index (χ0) is 34.8. The molecule has 2 aromatic rings. The Labute approximate surface area is 304 Å². The Kier molecular flexibility index (Phi) is 18.6. The van der Waals surface area contributed by atoms with Crippen LogP contribution in [0.25, 0.3) is 0 Å². The third-order valence-corrected chi connectivity index (χ3v) is 12.8. The monoisotopic (exact) mass is 676 g/mol. The van der Waals surface area contributed by atoms with Gasteiger partial charge in [0, 0.05) is 9.79 Å². The fourth-order valence-electron chi connectivity index (χ4n) is 8.43. The maximum absolute atomic E-state index is 3.85. The van der Waals surface area contributed by atoms with Crippen LogP contribution in [0.15, 0.2) is 46.2 Å². The Morgan fingerprint density at radius 3 is 1.23 bits per heavy atom. The lowest BCUT2D eigenvalue weighted by molar-refractivity contribution is 0.236. The molecule has 1 heterocycles. The maximum Gasteiger partial charge on any atom is 0.0526 e. The van der Waals surface area contributed by atoms with Crippen LogP contribution in [0.5, 0.6) is 0 Å². The van der Waals surface area contributed by atoms with Gasteiger partial charge in [-0.2, -0.15) is 0 Å². The Morgan fingerprint density at radius 2 is 0.833 bits per heavy atom. The van der Waals surface area contributed by atoms with Crippen LogP contribution in [0.2, 0.25) is 0 Å². The van der Waals surface area contributed by atoms with Gasteiger partial charge in [0.25, 0.3) is 0 Å². The van der Waals surface area contributed by atoms with Gasteiger partial charge >= 0.3 is 0 Å². The van der Waals surface area contributed by atoms with Gasteiger partial charge in [0.15, 0.2) is 0 Å². The predicted molar refractivity (Wildman–Crippen MR) is 218 cm³/mol. The highest BCUT2D eigenvalue weighted by Crippen LogP contribution is 2.51. The summed E-state index contributed by atoms with van der Waals surface area (Å²) in [7, 11) is 0. The number of nitrogens with one attached hydrogen (secondary N) is 1. The average Bonchev–Trinajstić information content (AvgIpc) is 3.06. The van der Waals surface area contributed by atoms with Gasteiger partial charge in [-0.15, -0.1) is 0 Å². The smallest absolute Gasteiger partial charge is 0.0526 e. The number of rotatable bonds is 26. The van der Waals surface area contributed by atoms with Crippen molar-refractivity contribution >= 4 is 23.1 Å². The van der Waals surface area contributed by atoms with Gasteiger partial charge < -0.3 is 5.32 Å². The highest BCUT2D eigenvalue weighted by Gasteiger charge is 2.33. The molecule has 1 aliphatic heterocycles. The van der Waals surface area contributed by atoms with Gasteiger partial charge in [0.1, 0.15) is 0 Å². The molecule has 0 aromatic heterocycles. The molecule has 2 atom stereocenters. The number of hydrogen-bond acceptors (Lipinski definition) is 2. The number of anilines is 2. The van der Waals surface area contributed by atoms with Crippen LogP contribution < -0.4 is 5.32 Å². The van der Waals surface area contributed by atoms with E-state index < -0.39 is 0 Å². The molecule has 2 unspecified atom stereocenters. The molecule has 0 saturated heterocycles. The van der Waals surface area contributed by atoms with E-state index in [2.05, 4.69) is 97.1 Å². The van der Waals surface area contributed by atoms with Gasteiger partial charge in [-0.3, -0.25) is 0 Å². The van der Waals surface area contributed by atoms with Crippen molar-refractivity contribution in [3.05, 3.63) is 47.5 Å². The number of fused-ring (bicyclic) bond motifs is 2. The molecule has 0 saturated carbocycles. The van der Waals surface area contributed by atoms with Crippen LogP contribution in [0.4, 0.5) is 11.4 Å². The molecule has 48 heavy (non-hydrogen) atoms. The fourth-order valence-corrected chi connectivity index (χ4v) is 9.52. The molecular weight excluding hydrogens is 599 g/mol. The Morgan fingerprint density at radius 1 is 0.479 bits per heavy atom. The van der Waals surface area contributed by atoms with Crippen molar-refractivity contribution in [1.82, 2.24) is 0 Å². The molecule has 2 aromatic carbocycles. The molecule has 0 amide bonds. The molecule has 1 nitrogen and oxygen atoms in total. The van der Waals surface area contributed by atoms with Crippen LogP contribution in [0, 0.1) is 10.8 Å². The van der Waals surface area contributed by atoms with Crippen molar-refractivity contribution in [3.8, 4) is 0 Å². The SMILES string of the molecule is CCCCCCCCC(C)(C)C(CCCCC)c1ccc2c(c1)Sc1cc(C(CCCCC)C(C)(C)CCCCCCCC)ccc1N2. The first-order valence-corrected chi connectivity index (χ1v) is 21.7. The van der Waals surface area contributed by atoms with Crippen molar-refractivity contribution in [2.24, 2.45) is 10.8 Å². The number of hydrogen-bond donors (Lipinski definition) is 1. The minimum Gasteiger partial charge on any atom is -0.354 e. The summed E-state index contributed by atoms with van der Waals surface area (Å²) in [6.45, 7) is 19.6. The summed E-state index contributed by atoms with van der Waals surface area (Å²) < 4.78 is 0. The number of unbranched alkanes of at least 4 members (excludes halogenated alkanes) is 14. The summed E-state index contributed by atoms with van der Waals surface area (Å²) in [6, 6.07) is 14.8. The highest BCUT2D eigenvalue weighted by molar-refractivity contribution is 7.99. The highest BCUT2D eigenvalue weighted by atomic mass is 32.2. The van der Waals surface area contributed by atoms with E-state index in [4.69, 9.17) is 0 Å². The van der Waals surface area contributed by atoms with E-state index in [1.54, 1.807) is 11.1 Å². The normalized spacial score (nSPS) is 14.3. The van der Waals surface area contributed by atoms with Crippen LogP contribution in [0.3, 0.4) is 0 Å². The minimum atomic E-state index is 0.317. The van der Waals surface area contributed by atoms with Crippen molar-refractivity contribution in [2.45, 2.75) is 218 Å². The van der Waals surface area contributed by atoms with E-state index in [-0.39, 0.29) is 0 Å². The second kappa shape index (κ2) is 21.7. The lowest BCUT2D eigenvalue weighted by Crippen LogP contribution is -2.23. The van der Waals surface area contributed by atoms with E-state index in [0.717, 1.165) is 0 Å². The molecule has 2 heteroatoms. The largest absolute Gasteiger partial charge is 0.354 e. The molecule has 272 valence electrons. The average molecular weight is 676 g/mol. The standard InChI is InChI=1S/C46H77NS/c1-9-13-17-19-21-25-33-45(5,6)39(27-23-15-11-3)37-29-31-41-43(35-37)48-44-36-38(30-32-42(44)47-41)40(28-24-16-12-4)46(7,8)34-26-22-20-18-14-10-2/h29-32,35-36,39-40,47H,9-28,33-34H2,1-8H3. The molecular formula is C46H77NS. The quantitative estimate of drug-likeness (QED) is 0.0850. The van der Waals surface area contributed by atoms with Crippen molar-refractivity contribution < 1.29 is 0 Å². The summed E-state index contributed by atoms with van der Waals surface area (Å²) in [6.07, 6.45) is 29.8. The van der Waals surface area contributed by atoms with Crippen LogP contribution in [0.1, 0.15) is 220 Å². The zero-order valence-corrected chi connectivity index (χ0v) is 33.9. The third-order valence-electron chi connectivity index (χ3n) is 11.7. The van der Waals surface area contributed by atoms with Gasteiger partial charge in [-0.1, -0.05) is 195 Å². The van der Waals surface area contributed by atoms with Crippen molar-refractivity contribution in [1.29, 1.82) is 0 Å². The fraction of sp³-hybridized carbons (Fsp3) is 0.739. The summed E-state index contributed by atoms with van der Waals surface area (Å²) in [5, 5.41) is 3.85. The maximum atomic E-state index is 3.85. The van der Waals surface area contributed by atoms with E-state index in [0.29, 0.717) is 22.7 Å². The van der Waals surface area contributed by atoms with Crippen LogP contribution in [-0.4, -0.2) is 0 Å². The Bertz CT molecular complexity index is 1070. The van der Waals surface area contributed by atoms with Gasteiger partial charge in [-0.25, -0.2) is 0 Å². The van der Waals surface area contributed by atoms with Crippen LogP contribution >= 0.6 is 11.8 Å². The van der Waals surface area contributed by atoms with Gasteiger partial charge in [-0.05, 0) is 83.7 Å². The lowest BCUT2D eigenvalue weighted by Gasteiger charge is -2.37. The molecule has 0 spiro atoms. The molecule has 0 fully saturated rings. The second-order valence-corrected chi connectivity index (χ2v) is 17.9. The molecule has 1 aliphatic rings. The minimum absolute atomic E-state index is 0.317. The molecule has 0 radical (unpaired) electrons. The van der Waals surface area contributed by atoms with E-state index in [9.17, 15) is 0 Å². The summed E-state index contributed by atoms with van der Waals surface area (Å²) in [5.41, 5.74) is 6.33. The molecule has 3 rings (SSSR count). The summed E-state index contributed by atoms with van der Waals surface area (Å²) >= 11 is 2.02. The Balaban J connectivity index is 1.80. The van der Waals surface area contributed by atoms with E-state index in [1.165, 1.54) is 162 Å². The Hall–Kier alpha value is -1.41. The first-order chi connectivity index (χ1) is 23.2. The topological polar surface area (TPSA) is 12.0 Å². The van der Waals surface area contributed by atoms with Gasteiger partial charge in [0.2, 0.25) is 0 Å². The first-order valence-electron chi connectivity index (χ1n) is 20.9. The second-order valence-electron chi connectivity index (χ2n) is 16.8. The zero-order valence-electron chi connectivity index (χ0n) is 33.1. The lowest BCUT2D eigenvalue weighted by atomic mass is 9.69. The van der Waals surface area contributed by atoms with Crippen molar-refractivity contribution in [2.75, 3.05) is 5.32 Å². The van der Waals surface area contributed by atoms with E-state index >= 15 is 0 Å². The number of benzene rings is 2. The first kappa shape index (κ1) is 41.0. The van der Waals surface area contributed by atoms with Crippen molar-refractivity contribution in [3.63, 3.8) is 0 Å². The predicted octanol–water partition coefficient (Wildman–Crippen LogP) is 16.8. The van der Waals surface area contributed by atoms with Gasteiger partial charge in [0.05, 0.1) is 11.4 Å². The summed E-state index contributed by atoms with van der Waals surface area (Å²) in [5.74, 6) is 1.23. The molecule has 0 bridgehead atoms. The molecule has 1 N–H and O–H groups in total. The third kappa shape index (κ3) is 13.0. The van der Waals surface area contributed by atoms with Crippen LogP contribution in [-0.2, 0) is 0 Å². The summed E-state index contributed by atoms with van der Waals surface area (Å²) in [4.78, 5) is 2.84.